The second-order valence-corrected chi connectivity index (χ2v) is 10.3. The van der Waals surface area contributed by atoms with Gasteiger partial charge in [0.15, 0.2) is 5.82 Å². The zero-order chi connectivity index (χ0) is 25.9. The molecule has 1 saturated heterocycles. The Hall–Kier alpha value is -2.72. The molecule has 0 amide bonds. The smallest absolute Gasteiger partial charge is 0.354 e. The number of piperazine rings is 1. The standard InChI is InChI=1S/C26H34F3N7.ClH/c1-25(2,3)24-30-20(26(27,28)29)18-22(31-24)36-16-14-35(15-17-36)13-9-8-12-21-32-33-23(34(21)4)19-10-6-5-7-11-19;/h5-7,10-11,18H,8-9,12-17H2,1-4H3;1H. The van der Waals surface area contributed by atoms with Gasteiger partial charge in [0.05, 0.1) is 0 Å². The van der Waals surface area contributed by atoms with Gasteiger partial charge >= 0.3 is 6.18 Å². The van der Waals surface area contributed by atoms with E-state index < -0.39 is 17.3 Å². The van der Waals surface area contributed by atoms with Gasteiger partial charge in [0.25, 0.3) is 0 Å². The predicted octanol–water partition coefficient (Wildman–Crippen LogP) is 5.16. The number of aryl methyl sites for hydroxylation is 1. The van der Waals surface area contributed by atoms with Crippen molar-refractivity contribution in [2.45, 2.75) is 51.6 Å². The number of unbranched alkanes of at least 4 members (excludes halogenated alkanes) is 1. The lowest BCUT2D eigenvalue weighted by atomic mass is 9.95. The molecule has 3 aromatic rings. The summed E-state index contributed by atoms with van der Waals surface area (Å²) < 4.78 is 42.4. The Morgan fingerprint density at radius 1 is 0.892 bits per heavy atom. The van der Waals surface area contributed by atoms with E-state index in [9.17, 15) is 13.2 Å². The van der Waals surface area contributed by atoms with Gasteiger partial charge in [-0.15, -0.1) is 22.6 Å². The van der Waals surface area contributed by atoms with E-state index in [0.29, 0.717) is 18.9 Å². The van der Waals surface area contributed by atoms with Gasteiger partial charge in [-0.1, -0.05) is 51.1 Å². The molecule has 0 bridgehead atoms. The van der Waals surface area contributed by atoms with Crippen LogP contribution in [0.1, 0.15) is 51.0 Å². The van der Waals surface area contributed by atoms with Crippen molar-refractivity contribution >= 4 is 18.2 Å². The van der Waals surface area contributed by atoms with Crippen LogP contribution in [-0.4, -0.2) is 62.4 Å². The monoisotopic (exact) mass is 537 g/mol. The molecule has 0 N–H and O–H groups in total. The van der Waals surface area contributed by atoms with Crippen molar-refractivity contribution in [1.82, 2.24) is 29.6 Å². The molecule has 11 heteroatoms. The maximum absolute atomic E-state index is 13.4. The van der Waals surface area contributed by atoms with Gasteiger partial charge in [-0.25, -0.2) is 9.97 Å². The second kappa shape index (κ2) is 11.8. The van der Waals surface area contributed by atoms with E-state index in [1.54, 1.807) is 0 Å². The molecule has 202 valence electrons. The van der Waals surface area contributed by atoms with Crippen LogP contribution < -0.4 is 4.90 Å². The Balaban J connectivity index is 0.00000380. The maximum atomic E-state index is 13.4. The fraction of sp³-hybridized carbons (Fsp3) is 0.538. The van der Waals surface area contributed by atoms with E-state index in [1.807, 2.05) is 63.1 Å². The molecule has 1 aromatic carbocycles. The molecule has 0 aliphatic carbocycles. The molecule has 2 aromatic heterocycles. The summed E-state index contributed by atoms with van der Waals surface area (Å²) in [6.07, 6.45) is -1.62. The summed E-state index contributed by atoms with van der Waals surface area (Å²) in [5.41, 5.74) is -0.390. The molecule has 0 atom stereocenters. The molecule has 1 aliphatic heterocycles. The third-order valence-corrected chi connectivity index (χ3v) is 6.49. The Labute approximate surface area is 222 Å². The van der Waals surface area contributed by atoms with Gasteiger partial charge in [-0.3, -0.25) is 4.90 Å². The molecule has 7 nitrogen and oxygen atoms in total. The minimum atomic E-state index is -4.50. The number of nitrogens with zero attached hydrogens (tertiary/aromatic N) is 7. The van der Waals surface area contributed by atoms with Crippen molar-refractivity contribution in [3.8, 4) is 11.4 Å². The fourth-order valence-corrected chi connectivity index (χ4v) is 4.31. The highest BCUT2D eigenvalue weighted by Gasteiger charge is 2.36. The van der Waals surface area contributed by atoms with Gasteiger partial charge in [0.2, 0.25) is 0 Å². The first kappa shape index (κ1) is 28.8. The summed E-state index contributed by atoms with van der Waals surface area (Å²) in [6, 6.07) is 11.1. The molecular weight excluding hydrogens is 503 g/mol. The Morgan fingerprint density at radius 2 is 1.57 bits per heavy atom. The molecule has 3 heterocycles. The van der Waals surface area contributed by atoms with E-state index in [4.69, 9.17) is 0 Å². The minimum Gasteiger partial charge on any atom is -0.354 e. The lowest BCUT2D eigenvalue weighted by Crippen LogP contribution is -2.47. The summed E-state index contributed by atoms with van der Waals surface area (Å²) in [5.74, 6) is 2.42. The number of halogens is 4. The third kappa shape index (κ3) is 7.19. The molecule has 1 aliphatic rings. The van der Waals surface area contributed by atoms with Crippen LogP contribution in [0.4, 0.5) is 19.0 Å². The normalized spacial score (nSPS) is 15.1. The molecular formula is C26H35ClF3N7. The van der Waals surface area contributed by atoms with E-state index in [-0.39, 0.29) is 18.2 Å². The molecule has 4 rings (SSSR count). The highest BCUT2D eigenvalue weighted by Crippen LogP contribution is 2.32. The molecule has 0 unspecified atom stereocenters. The Bertz CT molecular complexity index is 1120. The molecule has 0 saturated carbocycles. The first-order chi connectivity index (χ1) is 17.0. The van der Waals surface area contributed by atoms with Crippen LogP contribution in [0.25, 0.3) is 11.4 Å². The minimum absolute atomic E-state index is 0. The number of rotatable bonds is 7. The lowest BCUT2D eigenvalue weighted by Gasteiger charge is -2.36. The number of alkyl halides is 3. The largest absolute Gasteiger partial charge is 0.433 e. The number of hydrogen-bond acceptors (Lipinski definition) is 6. The summed E-state index contributed by atoms with van der Waals surface area (Å²) in [6.45, 7) is 9.29. The van der Waals surface area contributed by atoms with Gasteiger partial charge in [0.1, 0.15) is 23.2 Å². The van der Waals surface area contributed by atoms with Crippen LogP contribution in [0, 0.1) is 0 Å². The average molecular weight is 538 g/mol. The highest BCUT2D eigenvalue weighted by molar-refractivity contribution is 5.85. The van der Waals surface area contributed by atoms with Crippen molar-refractivity contribution in [3.63, 3.8) is 0 Å². The Kier molecular flexibility index (Phi) is 9.18. The first-order valence-corrected chi connectivity index (χ1v) is 12.4. The summed E-state index contributed by atoms with van der Waals surface area (Å²) >= 11 is 0. The number of hydrogen-bond donors (Lipinski definition) is 0. The van der Waals surface area contributed by atoms with Gasteiger partial charge in [0, 0.05) is 56.7 Å². The zero-order valence-corrected chi connectivity index (χ0v) is 22.6. The molecule has 1 fully saturated rings. The van der Waals surface area contributed by atoms with Crippen LogP contribution in [0.5, 0.6) is 0 Å². The zero-order valence-electron chi connectivity index (χ0n) is 21.8. The van der Waals surface area contributed by atoms with Crippen molar-refractivity contribution in [3.05, 3.63) is 53.7 Å². The summed E-state index contributed by atoms with van der Waals surface area (Å²) in [5, 5.41) is 8.72. The van der Waals surface area contributed by atoms with Gasteiger partial charge in [-0.2, -0.15) is 13.2 Å². The second-order valence-electron chi connectivity index (χ2n) is 10.3. The quantitative estimate of drug-likeness (QED) is 0.388. The van der Waals surface area contributed by atoms with E-state index in [1.165, 1.54) is 0 Å². The van der Waals surface area contributed by atoms with Crippen molar-refractivity contribution in [1.29, 1.82) is 0 Å². The van der Waals surface area contributed by atoms with Gasteiger partial charge < -0.3 is 9.47 Å². The van der Waals surface area contributed by atoms with Crippen LogP contribution in [0.15, 0.2) is 36.4 Å². The van der Waals surface area contributed by atoms with Crippen molar-refractivity contribution < 1.29 is 13.2 Å². The van der Waals surface area contributed by atoms with Gasteiger partial charge in [-0.05, 0) is 19.4 Å². The maximum Gasteiger partial charge on any atom is 0.433 e. The van der Waals surface area contributed by atoms with Crippen molar-refractivity contribution in [2.24, 2.45) is 7.05 Å². The fourth-order valence-electron chi connectivity index (χ4n) is 4.31. The number of benzene rings is 1. The molecule has 37 heavy (non-hydrogen) atoms. The number of anilines is 1. The topological polar surface area (TPSA) is 63.0 Å². The summed E-state index contributed by atoms with van der Waals surface area (Å²) in [7, 11) is 2.00. The Morgan fingerprint density at radius 3 is 2.19 bits per heavy atom. The van der Waals surface area contributed by atoms with Crippen LogP contribution >= 0.6 is 12.4 Å². The highest BCUT2D eigenvalue weighted by atomic mass is 35.5. The van der Waals surface area contributed by atoms with Crippen LogP contribution in [0.2, 0.25) is 0 Å². The number of aromatic nitrogens is 5. The predicted molar refractivity (Wildman–Crippen MR) is 141 cm³/mol. The van der Waals surface area contributed by atoms with E-state index >= 15 is 0 Å². The molecule has 0 radical (unpaired) electrons. The SMILES string of the molecule is Cl.Cn1c(CCCCN2CCN(c3cc(C(F)(F)F)nc(C(C)(C)C)n3)CC2)nnc1-c1ccccc1. The van der Waals surface area contributed by atoms with E-state index in [0.717, 1.165) is 62.2 Å². The summed E-state index contributed by atoms with van der Waals surface area (Å²) in [4.78, 5) is 12.6. The average Bonchev–Trinajstić information content (AvgIpc) is 3.21. The van der Waals surface area contributed by atoms with Crippen LogP contribution in [-0.2, 0) is 25.1 Å². The first-order valence-electron chi connectivity index (χ1n) is 12.4. The lowest BCUT2D eigenvalue weighted by molar-refractivity contribution is -0.141. The third-order valence-electron chi connectivity index (χ3n) is 6.49. The molecule has 0 spiro atoms. The van der Waals surface area contributed by atoms with Crippen molar-refractivity contribution in [2.75, 3.05) is 37.6 Å². The van der Waals surface area contributed by atoms with Crippen LogP contribution in [0.3, 0.4) is 0 Å². The van der Waals surface area contributed by atoms with E-state index in [2.05, 4.69) is 29.6 Å².